The molecule has 3 aromatic rings. The van der Waals surface area contributed by atoms with Crippen LogP contribution < -0.4 is 15.3 Å². The zero-order chi connectivity index (χ0) is 19.9. The molecular formula is C19H18N4O4S. The minimum Gasteiger partial charge on any atom is -0.497 e. The van der Waals surface area contributed by atoms with E-state index in [1.807, 2.05) is 24.3 Å². The second-order valence-corrected chi connectivity index (χ2v) is 8.04. The van der Waals surface area contributed by atoms with Gasteiger partial charge >= 0.3 is 0 Å². The lowest BCUT2D eigenvalue weighted by Crippen LogP contribution is -2.26. The minimum absolute atomic E-state index is 0.0438. The number of nitrogens with two attached hydrogens (primary N) is 1. The third-order valence-corrected chi connectivity index (χ3v) is 6.02. The van der Waals surface area contributed by atoms with Crippen molar-refractivity contribution in [3.63, 3.8) is 0 Å². The second-order valence-electron chi connectivity index (χ2n) is 6.38. The van der Waals surface area contributed by atoms with Gasteiger partial charge in [0.1, 0.15) is 5.75 Å². The number of hydrogen-bond donors (Lipinski definition) is 2. The number of benzene rings is 2. The highest BCUT2D eigenvalue weighted by Gasteiger charge is 2.29. The van der Waals surface area contributed by atoms with Gasteiger partial charge in [0.25, 0.3) is 15.9 Å². The number of nitrogens with one attached hydrogen (secondary N) is 1. The van der Waals surface area contributed by atoms with Crippen molar-refractivity contribution in [2.45, 2.75) is 17.7 Å². The molecule has 2 aromatic carbocycles. The van der Waals surface area contributed by atoms with Crippen molar-refractivity contribution >= 4 is 15.9 Å². The number of aromatic nitrogens is 2. The third-order valence-electron chi connectivity index (χ3n) is 4.71. The van der Waals surface area contributed by atoms with E-state index in [0.717, 1.165) is 22.3 Å². The Balaban J connectivity index is 1.81. The first-order valence-corrected chi connectivity index (χ1v) is 10.1. The summed E-state index contributed by atoms with van der Waals surface area (Å²) < 4.78 is 30.8. The molecule has 0 fully saturated rings. The summed E-state index contributed by atoms with van der Waals surface area (Å²) >= 11 is 0. The normalized spacial score (nSPS) is 12.8. The molecule has 1 aliphatic rings. The van der Waals surface area contributed by atoms with Gasteiger partial charge in [0, 0.05) is 11.1 Å². The molecular weight excluding hydrogens is 380 g/mol. The summed E-state index contributed by atoms with van der Waals surface area (Å²) in [6, 6.07) is 13.6. The average molecular weight is 398 g/mol. The fourth-order valence-corrected chi connectivity index (χ4v) is 4.34. The van der Waals surface area contributed by atoms with Crippen LogP contribution >= 0.6 is 0 Å². The zero-order valence-electron chi connectivity index (χ0n) is 15.0. The second kappa shape index (κ2) is 6.68. The van der Waals surface area contributed by atoms with Gasteiger partial charge in [-0.05, 0) is 42.7 Å². The van der Waals surface area contributed by atoms with Gasteiger partial charge in [0.2, 0.25) is 0 Å². The predicted molar refractivity (Wildman–Crippen MR) is 103 cm³/mol. The van der Waals surface area contributed by atoms with Crippen molar-refractivity contribution in [3.05, 3.63) is 65.4 Å². The largest absolute Gasteiger partial charge is 0.497 e. The van der Waals surface area contributed by atoms with E-state index < -0.39 is 15.9 Å². The fraction of sp³-hybridized carbons (Fsp3) is 0.158. The molecule has 144 valence electrons. The molecule has 0 spiro atoms. The van der Waals surface area contributed by atoms with Crippen molar-refractivity contribution in [1.29, 1.82) is 0 Å². The summed E-state index contributed by atoms with van der Waals surface area (Å²) in [6.07, 6.45) is 1.27. The number of methoxy groups -OCH3 is 1. The molecule has 1 heterocycles. The number of fused-ring (bicyclic) bond motifs is 3. The highest BCUT2D eigenvalue weighted by atomic mass is 32.2. The number of primary amides is 1. The molecule has 0 bridgehead atoms. The molecule has 0 saturated carbocycles. The van der Waals surface area contributed by atoms with Crippen LogP contribution in [0.1, 0.15) is 21.6 Å². The maximum absolute atomic E-state index is 12.8. The number of nitrogens with zero attached hydrogens (tertiary/aromatic N) is 2. The van der Waals surface area contributed by atoms with E-state index in [1.165, 1.54) is 19.2 Å². The maximum Gasteiger partial charge on any atom is 0.276 e. The molecule has 0 aliphatic heterocycles. The van der Waals surface area contributed by atoms with Crippen LogP contribution in [0.2, 0.25) is 0 Å². The third kappa shape index (κ3) is 2.99. The Morgan fingerprint density at radius 3 is 2.54 bits per heavy atom. The molecule has 1 aromatic heterocycles. The first kappa shape index (κ1) is 18.1. The van der Waals surface area contributed by atoms with Crippen molar-refractivity contribution in [1.82, 2.24) is 9.89 Å². The highest BCUT2D eigenvalue weighted by molar-refractivity contribution is 7.92. The summed E-state index contributed by atoms with van der Waals surface area (Å²) in [5.74, 6) is -0.154. The molecule has 28 heavy (non-hydrogen) atoms. The van der Waals surface area contributed by atoms with E-state index in [1.54, 1.807) is 12.1 Å². The maximum atomic E-state index is 12.8. The number of carbonyl (C=O) groups is 1. The molecule has 1 aliphatic carbocycles. The number of aryl methyl sites for hydroxylation is 1. The molecule has 0 radical (unpaired) electrons. The first-order valence-electron chi connectivity index (χ1n) is 8.57. The molecule has 3 N–H and O–H groups in total. The number of carbonyl (C=O) groups excluding carboxylic acids is 1. The van der Waals surface area contributed by atoms with Gasteiger partial charge in [0.15, 0.2) is 5.69 Å². The fourth-order valence-electron chi connectivity index (χ4n) is 3.38. The standard InChI is InChI=1S/C19H18N4O4S/c1-27-13-7-9-14(10-8-13)28(25,26)22-23-18-15-5-3-2-4-12(15)6-11-16(18)17(21-23)19(20)24/h2-5,7-10,22H,6,11H2,1H3,(H2,20,24). The average Bonchev–Trinajstić information content (AvgIpc) is 3.06. The van der Waals surface area contributed by atoms with Gasteiger partial charge in [-0.25, -0.2) is 0 Å². The Bertz CT molecular complexity index is 1170. The first-order chi connectivity index (χ1) is 13.4. The number of hydrogen-bond acceptors (Lipinski definition) is 5. The van der Waals surface area contributed by atoms with E-state index in [2.05, 4.69) is 9.93 Å². The van der Waals surface area contributed by atoms with Crippen molar-refractivity contribution in [2.24, 2.45) is 5.73 Å². The molecule has 1 amide bonds. The SMILES string of the molecule is COc1ccc(S(=O)(=O)Nn2nc(C(N)=O)c3c2-c2ccccc2CC3)cc1. The minimum atomic E-state index is -3.94. The van der Waals surface area contributed by atoms with E-state index >= 15 is 0 Å². The van der Waals surface area contributed by atoms with Gasteiger partial charge < -0.3 is 10.5 Å². The lowest BCUT2D eigenvalue weighted by atomic mass is 9.89. The Kier molecular flexibility index (Phi) is 4.31. The Morgan fingerprint density at radius 2 is 1.86 bits per heavy atom. The van der Waals surface area contributed by atoms with Gasteiger partial charge in [-0.2, -0.15) is 18.0 Å². The van der Waals surface area contributed by atoms with Crippen LogP contribution in [0.15, 0.2) is 53.4 Å². The van der Waals surface area contributed by atoms with Crippen LogP contribution in [0.4, 0.5) is 0 Å². The van der Waals surface area contributed by atoms with E-state index in [9.17, 15) is 13.2 Å². The molecule has 0 atom stereocenters. The number of amides is 1. The summed E-state index contributed by atoms with van der Waals surface area (Å²) in [5, 5.41) is 4.16. The zero-order valence-corrected chi connectivity index (χ0v) is 15.9. The van der Waals surface area contributed by atoms with Crippen molar-refractivity contribution in [3.8, 4) is 17.0 Å². The van der Waals surface area contributed by atoms with E-state index in [0.29, 0.717) is 23.4 Å². The van der Waals surface area contributed by atoms with Crippen LogP contribution in [0.5, 0.6) is 5.75 Å². The van der Waals surface area contributed by atoms with Crippen LogP contribution in [-0.4, -0.2) is 31.3 Å². The monoisotopic (exact) mass is 398 g/mol. The summed E-state index contributed by atoms with van der Waals surface area (Å²) in [6.45, 7) is 0. The van der Waals surface area contributed by atoms with Gasteiger partial charge in [-0.3, -0.25) is 4.79 Å². The lowest BCUT2D eigenvalue weighted by Gasteiger charge is -2.19. The van der Waals surface area contributed by atoms with Gasteiger partial charge in [-0.15, -0.1) is 5.10 Å². The molecule has 4 rings (SSSR count). The number of sulfonamides is 1. The van der Waals surface area contributed by atoms with E-state index in [-0.39, 0.29) is 10.6 Å². The van der Waals surface area contributed by atoms with Crippen molar-refractivity contribution in [2.75, 3.05) is 11.9 Å². The molecule has 0 saturated heterocycles. The summed E-state index contributed by atoms with van der Waals surface area (Å²) in [7, 11) is -2.44. The van der Waals surface area contributed by atoms with Crippen LogP contribution in [0, 0.1) is 0 Å². The smallest absolute Gasteiger partial charge is 0.276 e. The van der Waals surface area contributed by atoms with Gasteiger partial charge in [-0.1, -0.05) is 24.3 Å². The number of ether oxygens (including phenoxy) is 1. The van der Waals surface area contributed by atoms with Crippen molar-refractivity contribution < 1.29 is 17.9 Å². The predicted octanol–water partition coefficient (Wildman–Crippen LogP) is 1.69. The summed E-state index contributed by atoms with van der Waals surface area (Å²) in [5.41, 5.74) is 8.59. The van der Waals surface area contributed by atoms with Crippen LogP contribution in [0.3, 0.4) is 0 Å². The quantitative estimate of drug-likeness (QED) is 0.678. The molecule has 8 nitrogen and oxygen atoms in total. The van der Waals surface area contributed by atoms with Crippen LogP contribution in [0.25, 0.3) is 11.3 Å². The van der Waals surface area contributed by atoms with E-state index in [4.69, 9.17) is 10.5 Å². The molecule has 0 unspecified atom stereocenters. The molecule has 9 heteroatoms. The highest BCUT2D eigenvalue weighted by Crippen LogP contribution is 2.35. The summed E-state index contributed by atoms with van der Waals surface area (Å²) in [4.78, 5) is 15.5. The Morgan fingerprint density at radius 1 is 1.14 bits per heavy atom. The Labute approximate surface area is 162 Å². The van der Waals surface area contributed by atoms with Gasteiger partial charge in [0.05, 0.1) is 17.7 Å². The van der Waals surface area contributed by atoms with Crippen LogP contribution in [-0.2, 0) is 22.9 Å². The number of rotatable bonds is 5. The lowest BCUT2D eigenvalue weighted by molar-refractivity contribution is 0.0994. The Hall–Kier alpha value is -3.33. The topological polar surface area (TPSA) is 116 Å².